The zero-order valence-corrected chi connectivity index (χ0v) is 14.2. The van der Waals surface area contributed by atoms with Gasteiger partial charge in [-0.05, 0) is 23.8 Å². The second kappa shape index (κ2) is 5.52. The first-order valence-corrected chi connectivity index (χ1v) is 8.15. The van der Waals surface area contributed by atoms with Crippen LogP contribution in [0, 0.1) is 0 Å². The van der Waals surface area contributed by atoms with Crippen LogP contribution in [0.2, 0.25) is 0 Å². The summed E-state index contributed by atoms with van der Waals surface area (Å²) in [6.45, 7) is -0.00923. The minimum absolute atomic E-state index is 0.00923. The highest BCUT2D eigenvalue weighted by molar-refractivity contribution is 9.10. The third-order valence-electron chi connectivity index (χ3n) is 4.15. The van der Waals surface area contributed by atoms with E-state index in [1.54, 1.807) is 24.3 Å². The molecule has 0 aliphatic rings. The molecule has 7 nitrogen and oxygen atoms in total. The summed E-state index contributed by atoms with van der Waals surface area (Å²) < 4.78 is 1.79. The monoisotopic (exact) mass is 399 g/mol. The van der Waals surface area contributed by atoms with Crippen molar-refractivity contribution in [3.63, 3.8) is 0 Å². The van der Waals surface area contributed by atoms with Gasteiger partial charge in [-0.3, -0.25) is 28.8 Å². The molecule has 0 saturated heterocycles. The molecule has 0 unspecified atom stereocenters. The van der Waals surface area contributed by atoms with Crippen molar-refractivity contribution < 1.29 is 0 Å². The maximum atomic E-state index is 12.6. The number of benzene rings is 2. The fraction of sp³-hybridized carbons (Fsp3) is 0.0588. The van der Waals surface area contributed by atoms with Crippen LogP contribution in [0.5, 0.6) is 0 Å². The number of halogens is 1. The van der Waals surface area contributed by atoms with Crippen molar-refractivity contribution in [2.24, 2.45) is 0 Å². The Bertz CT molecular complexity index is 1270. The highest BCUT2D eigenvalue weighted by Gasteiger charge is 2.22. The first kappa shape index (κ1) is 15.5. The lowest BCUT2D eigenvalue weighted by molar-refractivity contribution is 0.754. The van der Waals surface area contributed by atoms with Gasteiger partial charge in [0.2, 0.25) is 10.9 Å². The molecule has 0 bridgehead atoms. The molecule has 2 aromatic carbocycles. The maximum absolute atomic E-state index is 12.6. The number of fused-ring (bicyclic) bond motifs is 2. The molecule has 0 radical (unpaired) electrons. The first-order valence-electron chi connectivity index (χ1n) is 7.35. The SMILES string of the molecule is O=c1c2cc[nH][nH]c2c(=O)c2c(=O)n(Cc3ccc(Br)cc3)c(=O)c12. The number of rotatable bonds is 2. The number of nitrogens with zero attached hydrogens (tertiary/aromatic N) is 1. The van der Waals surface area contributed by atoms with Gasteiger partial charge >= 0.3 is 0 Å². The molecule has 4 aromatic rings. The van der Waals surface area contributed by atoms with Crippen LogP contribution in [0.25, 0.3) is 21.7 Å². The van der Waals surface area contributed by atoms with Gasteiger partial charge in [0.1, 0.15) is 16.3 Å². The number of hydrogen-bond donors (Lipinski definition) is 2. The topological polar surface area (TPSA) is 105 Å². The van der Waals surface area contributed by atoms with Crippen molar-refractivity contribution in [3.8, 4) is 0 Å². The van der Waals surface area contributed by atoms with Crippen LogP contribution in [-0.4, -0.2) is 14.8 Å². The smallest absolute Gasteiger partial charge is 0.266 e. The average molecular weight is 400 g/mol. The number of nitrogens with one attached hydrogen (secondary N) is 2. The summed E-state index contributed by atoms with van der Waals surface area (Å²) >= 11 is 3.31. The summed E-state index contributed by atoms with van der Waals surface area (Å²) in [5, 5.41) is 4.53. The fourth-order valence-electron chi connectivity index (χ4n) is 2.93. The molecule has 4 rings (SSSR count). The van der Waals surface area contributed by atoms with E-state index in [1.807, 2.05) is 0 Å². The highest BCUT2D eigenvalue weighted by Crippen LogP contribution is 2.11. The van der Waals surface area contributed by atoms with Crippen molar-refractivity contribution in [2.45, 2.75) is 6.54 Å². The van der Waals surface area contributed by atoms with E-state index in [-0.39, 0.29) is 28.2 Å². The third kappa shape index (κ3) is 2.25. The van der Waals surface area contributed by atoms with Crippen molar-refractivity contribution in [2.75, 3.05) is 0 Å². The maximum Gasteiger partial charge on any atom is 0.266 e. The second-order valence-electron chi connectivity index (χ2n) is 5.62. The molecule has 0 aliphatic carbocycles. The summed E-state index contributed by atoms with van der Waals surface area (Å²) in [5.41, 5.74) is -2.06. The molecule has 0 atom stereocenters. The van der Waals surface area contributed by atoms with E-state index in [2.05, 4.69) is 26.1 Å². The van der Waals surface area contributed by atoms with Crippen LogP contribution in [0.15, 0.2) is 60.2 Å². The molecule has 0 fully saturated rings. The predicted octanol–water partition coefficient (Wildman–Crippen LogP) is 1.14. The van der Waals surface area contributed by atoms with Crippen molar-refractivity contribution in [1.29, 1.82) is 0 Å². The molecule has 2 heterocycles. The van der Waals surface area contributed by atoms with Crippen LogP contribution in [0.3, 0.4) is 0 Å². The van der Waals surface area contributed by atoms with Gasteiger partial charge in [-0.2, -0.15) is 0 Å². The standard InChI is InChI=1S/C17H10BrN3O4/c18-9-3-1-8(2-4-9)7-21-16(24)11-12(17(21)25)15(23)13-10(14(11)22)5-6-19-20-13/h1-6,19-20H,7H2. The number of aromatic nitrogens is 3. The molecule has 0 aliphatic heterocycles. The molecule has 2 aromatic heterocycles. The lowest BCUT2D eigenvalue weighted by atomic mass is 10.1. The summed E-state index contributed by atoms with van der Waals surface area (Å²) in [7, 11) is 0. The Balaban J connectivity index is 2.08. The summed E-state index contributed by atoms with van der Waals surface area (Å²) in [6, 6.07) is 8.48. The lowest BCUT2D eigenvalue weighted by Gasteiger charge is -2.01. The molecule has 0 saturated carbocycles. The average Bonchev–Trinajstić information content (AvgIpc) is 2.86. The fourth-order valence-corrected chi connectivity index (χ4v) is 3.20. The van der Waals surface area contributed by atoms with E-state index in [4.69, 9.17) is 0 Å². The number of aromatic amines is 2. The molecule has 0 amide bonds. The predicted molar refractivity (Wildman–Crippen MR) is 97.7 cm³/mol. The van der Waals surface area contributed by atoms with Crippen molar-refractivity contribution in [3.05, 3.63) is 87.7 Å². The Morgan fingerprint density at radius 3 is 2.20 bits per heavy atom. The van der Waals surface area contributed by atoms with Gasteiger partial charge in [-0.1, -0.05) is 28.1 Å². The molecule has 0 spiro atoms. The van der Waals surface area contributed by atoms with Crippen molar-refractivity contribution >= 4 is 37.6 Å². The molecule has 2 N–H and O–H groups in total. The van der Waals surface area contributed by atoms with Gasteiger partial charge in [0, 0.05) is 10.7 Å². The Morgan fingerprint density at radius 1 is 0.880 bits per heavy atom. The summed E-state index contributed by atoms with van der Waals surface area (Å²) in [5.74, 6) is 0. The number of H-pyrrole nitrogens is 2. The summed E-state index contributed by atoms with van der Waals surface area (Å²) in [4.78, 5) is 50.4. The van der Waals surface area contributed by atoms with E-state index in [0.717, 1.165) is 9.04 Å². The van der Waals surface area contributed by atoms with Crippen LogP contribution in [0.4, 0.5) is 0 Å². The van der Waals surface area contributed by atoms with Crippen LogP contribution < -0.4 is 22.0 Å². The normalized spacial score (nSPS) is 11.4. The van der Waals surface area contributed by atoms with Gasteiger partial charge in [-0.15, -0.1) is 0 Å². The quantitative estimate of drug-likeness (QED) is 0.527. The van der Waals surface area contributed by atoms with Gasteiger partial charge < -0.3 is 5.10 Å². The lowest BCUT2D eigenvalue weighted by Crippen LogP contribution is -2.27. The van der Waals surface area contributed by atoms with E-state index < -0.39 is 22.0 Å². The minimum Gasteiger partial charge on any atom is -0.308 e. The molecular formula is C17H10BrN3O4. The van der Waals surface area contributed by atoms with E-state index >= 15 is 0 Å². The molecule has 124 valence electrons. The summed E-state index contributed by atoms with van der Waals surface area (Å²) in [6.07, 6.45) is 1.44. The zero-order chi connectivity index (χ0) is 17.7. The Morgan fingerprint density at radius 2 is 1.52 bits per heavy atom. The largest absolute Gasteiger partial charge is 0.308 e. The van der Waals surface area contributed by atoms with E-state index in [9.17, 15) is 19.2 Å². The van der Waals surface area contributed by atoms with E-state index in [0.29, 0.717) is 5.56 Å². The minimum atomic E-state index is -0.746. The highest BCUT2D eigenvalue weighted by atomic mass is 79.9. The van der Waals surface area contributed by atoms with Crippen molar-refractivity contribution in [1.82, 2.24) is 14.8 Å². The van der Waals surface area contributed by atoms with Gasteiger partial charge in [-0.25, -0.2) is 0 Å². The van der Waals surface area contributed by atoms with Crippen LogP contribution in [0.1, 0.15) is 5.56 Å². The molecular weight excluding hydrogens is 390 g/mol. The van der Waals surface area contributed by atoms with Gasteiger partial charge in [0.05, 0.1) is 11.9 Å². The molecule has 25 heavy (non-hydrogen) atoms. The first-order chi connectivity index (χ1) is 12.0. The van der Waals surface area contributed by atoms with Gasteiger partial charge in [0.15, 0.2) is 0 Å². The number of hydrogen-bond acceptors (Lipinski definition) is 4. The zero-order valence-electron chi connectivity index (χ0n) is 12.6. The van der Waals surface area contributed by atoms with Crippen LogP contribution >= 0.6 is 15.9 Å². The second-order valence-corrected chi connectivity index (χ2v) is 6.54. The Labute approximate surface area is 147 Å². The molecule has 8 heteroatoms. The van der Waals surface area contributed by atoms with E-state index in [1.165, 1.54) is 12.3 Å². The third-order valence-corrected chi connectivity index (χ3v) is 4.68. The van der Waals surface area contributed by atoms with Crippen LogP contribution in [-0.2, 0) is 6.54 Å². The van der Waals surface area contributed by atoms with Gasteiger partial charge in [0.25, 0.3) is 11.1 Å². The Kier molecular flexibility index (Phi) is 3.43. The Hall–Kier alpha value is -3.00.